The molecule has 1 fully saturated rings. The average molecular weight is 177 g/mol. The van der Waals surface area contributed by atoms with Gasteiger partial charge in [-0.25, -0.2) is 0 Å². The summed E-state index contributed by atoms with van der Waals surface area (Å²) in [6, 6.07) is 10.3. The van der Waals surface area contributed by atoms with Crippen LogP contribution in [-0.2, 0) is 5.54 Å². The molecule has 2 atom stereocenters. The molecular weight excluding hydrogens is 162 g/mol. The Morgan fingerprint density at radius 1 is 1.46 bits per heavy atom. The molecule has 0 saturated heterocycles. The van der Waals surface area contributed by atoms with Crippen LogP contribution in [0.1, 0.15) is 12.0 Å². The van der Waals surface area contributed by atoms with Gasteiger partial charge in [-0.05, 0) is 19.0 Å². The maximum atomic E-state index is 9.09. The highest BCUT2D eigenvalue weighted by molar-refractivity contribution is 5.32. The van der Waals surface area contributed by atoms with Crippen LogP contribution in [-0.4, -0.2) is 18.8 Å². The lowest BCUT2D eigenvalue weighted by atomic mass is 10.0. The smallest absolute Gasteiger partial charge is 0.0487 e. The molecule has 2 rings (SSSR count). The van der Waals surface area contributed by atoms with Gasteiger partial charge in [-0.15, -0.1) is 0 Å². The van der Waals surface area contributed by atoms with Gasteiger partial charge in [-0.1, -0.05) is 30.3 Å². The molecular formula is C11H15NO. The summed E-state index contributed by atoms with van der Waals surface area (Å²) in [6.45, 7) is 0.274. The van der Waals surface area contributed by atoms with E-state index in [1.807, 2.05) is 25.2 Å². The SMILES string of the molecule is CNC1(c2ccccc2)CC1CO. The lowest BCUT2D eigenvalue weighted by molar-refractivity contribution is 0.258. The van der Waals surface area contributed by atoms with Crippen molar-refractivity contribution in [1.82, 2.24) is 5.32 Å². The Kier molecular flexibility index (Phi) is 2.10. The zero-order chi connectivity index (χ0) is 9.31. The van der Waals surface area contributed by atoms with E-state index in [0.717, 1.165) is 6.42 Å². The van der Waals surface area contributed by atoms with E-state index in [2.05, 4.69) is 17.4 Å². The fourth-order valence-corrected chi connectivity index (χ4v) is 2.09. The molecule has 70 valence electrons. The standard InChI is InChI=1S/C11H15NO/c1-12-11(7-10(11)8-13)9-5-3-2-4-6-9/h2-6,10,12-13H,7-8H2,1H3. The average Bonchev–Trinajstić information content (AvgIpc) is 2.94. The zero-order valence-electron chi connectivity index (χ0n) is 7.83. The first-order chi connectivity index (χ1) is 6.33. The Labute approximate surface area is 78.6 Å². The first-order valence-corrected chi connectivity index (χ1v) is 4.69. The van der Waals surface area contributed by atoms with Gasteiger partial charge >= 0.3 is 0 Å². The Morgan fingerprint density at radius 3 is 2.62 bits per heavy atom. The summed E-state index contributed by atoms with van der Waals surface area (Å²) in [5, 5.41) is 12.4. The van der Waals surface area contributed by atoms with E-state index in [1.54, 1.807) is 0 Å². The molecule has 2 N–H and O–H groups in total. The number of hydrogen-bond donors (Lipinski definition) is 2. The Bertz CT molecular complexity index is 285. The van der Waals surface area contributed by atoms with Crippen molar-refractivity contribution >= 4 is 0 Å². The van der Waals surface area contributed by atoms with Crippen molar-refractivity contribution in [2.45, 2.75) is 12.0 Å². The van der Waals surface area contributed by atoms with Gasteiger partial charge < -0.3 is 10.4 Å². The third kappa shape index (κ3) is 1.26. The summed E-state index contributed by atoms with van der Waals surface area (Å²) in [7, 11) is 1.96. The molecule has 0 radical (unpaired) electrons. The summed E-state index contributed by atoms with van der Waals surface area (Å²) >= 11 is 0. The molecule has 0 aromatic heterocycles. The molecule has 0 spiro atoms. The van der Waals surface area contributed by atoms with E-state index in [-0.39, 0.29) is 12.1 Å². The van der Waals surface area contributed by atoms with Crippen LogP contribution in [0.3, 0.4) is 0 Å². The van der Waals surface area contributed by atoms with E-state index in [4.69, 9.17) is 5.11 Å². The van der Waals surface area contributed by atoms with E-state index in [0.29, 0.717) is 5.92 Å². The van der Waals surface area contributed by atoms with Gasteiger partial charge in [0.2, 0.25) is 0 Å². The quantitative estimate of drug-likeness (QED) is 0.725. The van der Waals surface area contributed by atoms with Gasteiger partial charge in [-0.2, -0.15) is 0 Å². The van der Waals surface area contributed by atoms with Crippen LogP contribution in [0, 0.1) is 5.92 Å². The van der Waals surface area contributed by atoms with E-state index in [9.17, 15) is 0 Å². The molecule has 1 aliphatic rings. The number of rotatable bonds is 3. The van der Waals surface area contributed by atoms with Gasteiger partial charge in [0, 0.05) is 18.1 Å². The van der Waals surface area contributed by atoms with E-state index >= 15 is 0 Å². The van der Waals surface area contributed by atoms with Crippen LogP contribution in [0.15, 0.2) is 30.3 Å². The van der Waals surface area contributed by atoms with Crippen LogP contribution >= 0.6 is 0 Å². The van der Waals surface area contributed by atoms with Crippen LogP contribution < -0.4 is 5.32 Å². The number of aliphatic hydroxyl groups is 1. The predicted molar refractivity (Wildman–Crippen MR) is 52.4 cm³/mol. The lowest BCUT2D eigenvalue weighted by Crippen LogP contribution is -2.28. The second-order valence-corrected chi connectivity index (χ2v) is 3.67. The fraction of sp³-hybridized carbons (Fsp3) is 0.455. The second-order valence-electron chi connectivity index (χ2n) is 3.67. The summed E-state index contributed by atoms with van der Waals surface area (Å²) in [5.74, 6) is 0.389. The molecule has 0 aliphatic heterocycles. The highest BCUT2D eigenvalue weighted by Crippen LogP contribution is 2.51. The highest BCUT2D eigenvalue weighted by atomic mass is 16.3. The number of nitrogens with one attached hydrogen (secondary N) is 1. The van der Waals surface area contributed by atoms with Gasteiger partial charge in [0.25, 0.3) is 0 Å². The van der Waals surface area contributed by atoms with Gasteiger partial charge in [-0.3, -0.25) is 0 Å². The van der Waals surface area contributed by atoms with Crippen molar-refractivity contribution in [2.75, 3.05) is 13.7 Å². The maximum absolute atomic E-state index is 9.09. The van der Waals surface area contributed by atoms with E-state index in [1.165, 1.54) is 5.56 Å². The fourth-order valence-electron chi connectivity index (χ4n) is 2.09. The first-order valence-electron chi connectivity index (χ1n) is 4.69. The minimum Gasteiger partial charge on any atom is -0.396 e. The molecule has 0 amide bonds. The van der Waals surface area contributed by atoms with Crippen molar-refractivity contribution in [2.24, 2.45) is 5.92 Å². The molecule has 1 saturated carbocycles. The predicted octanol–water partition coefficient (Wildman–Crippen LogP) is 1.11. The van der Waals surface area contributed by atoms with Gasteiger partial charge in [0.1, 0.15) is 0 Å². The normalized spacial score (nSPS) is 31.7. The first kappa shape index (κ1) is 8.73. The second kappa shape index (κ2) is 3.13. The summed E-state index contributed by atoms with van der Waals surface area (Å²) in [4.78, 5) is 0. The Morgan fingerprint density at radius 2 is 2.15 bits per heavy atom. The third-order valence-electron chi connectivity index (χ3n) is 3.06. The molecule has 13 heavy (non-hydrogen) atoms. The number of hydrogen-bond acceptors (Lipinski definition) is 2. The van der Waals surface area contributed by atoms with Gasteiger partial charge in [0.15, 0.2) is 0 Å². The minimum atomic E-state index is 0.0516. The molecule has 2 unspecified atom stereocenters. The van der Waals surface area contributed by atoms with Crippen LogP contribution in [0.2, 0.25) is 0 Å². The summed E-state index contributed by atoms with van der Waals surface area (Å²) < 4.78 is 0. The van der Waals surface area contributed by atoms with Crippen LogP contribution in [0.4, 0.5) is 0 Å². The zero-order valence-corrected chi connectivity index (χ0v) is 7.83. The maximum Gasteiger partial charge on any atom is 0.0487 e. The molecule has 0 bridgehead atoms. The minimum absolute atomic E-state index is 0.0516. The number of benzene rings is 1. The van der Waals surface area contributed by atoms with E-state index < -0.39 is 0 Å². The topological polar surface area (TPSA) is 32.3 Å². The van der Waals surface area contributed by atoms with Crippen molar-refractivity contribution in [1.29, 1.82) is 0 Å². The molecule has 1 aromatic carbocycles. The van der Waals surface area contributed by atoms with Crippen molar-refractivity contribution in [3.63, 3.8) is 0 Å². The molecule has 1 aromatic rings. The van der Waals surface area contributed by atoms with Gasteiger partial charge in [0.05, 0.1) is 0 Å². The molecule has 2 nitrogen and oxygen atoms in total. The van der Waals surface area contributed by atoms with Crippen molar-refractivity contribution in [3.05, 3.63) is 35.9 Å². The van der Waals surface area contributed by atoms with Crippen molar-refractivity contribution < 1.29 is 5.11 Å². The highest BCUT2D eigenvalue weighted by Gasteiger charge is 2.53. The summed E-state index contributed by atoms with van der Waals surface area (Å²) in [6.07, 6.45) is 1.05. The monoisotopic (exact) mass is 177 g/mol. The van der Waals surface area contributed by atoms with Crippen molar-refractivity contribution in [3.8, 4) is 0 Å². The third-order valence-corrected chi connectivity index (χ3v) is 3.06. The van der Waals surface area contributed by atoms with Crippen LogP contribution in [0.25, 0.3) is 0 Å². The number of aliphatic hydroxyl groups excluding tert-OH is 1. The Balaban J connectivity index is 2.25. The summed E-state index contributed by atoms with van der Waals surface area (Å²) in [5.41, 5.74) is 1.34. The Hall–Kier alpha value is -0.860. The largest absolute Gasteiger partial charge is 0.396 e. The van der Waals surface area contributed by atoms with Crippen LogP contribution in [0.5, 0.6) is 0 Å². The molecule has 1 aliphatic carbocycles. The lowest BCUT2D eigenvalue weighted by Gasteiger charge is -2.16. The molecule has 2 heteroatoms. The molecule has 0 heterocycles.